The molecule has 1 N–H and O–H groups in total. The van der Waals surface area contributed by atoms with Gasteiger partial charge in [0, 0.05) is 11.4 Å². The highest BCUT2D eigenvalue weighted by atomic mass is 79.9. The maximum Gasteiger partial charge on any atom is 0.241 e. The Morgan fingerprint density at radius 2 is 2.26 bits per heavy atom. The monoisotopic (exact) mass is 369 g/mol. The Kier molecular flexibility index (Phi) is 4.39. The van der Waals surface area contributed by atoms with Crippen LogP contribution in [-0.4, -0.2) is 33.5 Å². The minimum atomic E-state index is -3.50. The highest BCUT2D eigenvalue weighted by Crippen LogP contribution is 2.29. The third-order valence-electron chi connectivity index (χ3n) is 2.70. The van der Waals surface area contributed by atoms with Crippen molar-refractivity contribution < 1.29 is 17.9 Å². The molecule has 1 atom stereocenters. The van der Waals surface area contributed by atoms with Crippen molar-refractivity contribution in [3.63, 3.8) is 0 Å². The number of sulfonamides is 1. The zero-order chi connectivity index (χ0) is 14.3. The van der Waals surface area contributed by atoms with Crippen molar-refractivity contribution in [2.45, 2.75) is 37.6 Å². The molecule has 108 valence electrons. The third-order valence-corrected chi connectivity index (χ3v) is 5.93. The van der Waals surface area contributed by atoms with Gasteiger partial charge in [-0.2, -0.15) is 0 Å². The molecule has 2 rings (SSSR count). The summed E-state index contributed by atoms with van der Waals surface area (Å²) in [5, 5.41) is 0. The molecule has 1 aliphatic rings. The van der Waals surface area contributed by atoms with E-state index in [4.69, 9.17) is 9.47 Å². The summed E-state index contributed by atoms with van der Waals surface area (Å²) < 4.78 is 38.6. The fraction of sp³-hybridized carbons (Fsp3) is 0.636. The van der Waals surface area contributed by atoms with Crippen molar-refractivity contribution in [1.29, 1.82) is 0 Å². The highest BCUT2D eigenvalue weighted by molar-refractivity contribution is 9.11. The summed E-state index contributed by atoms with van der Waals surface area (Å²) in [6.45, 7) is 5.99. The van der Waals surface area contributed by atoms with E-state index >= 15 is 0 Å². The zero-order valence-electron chi connectivity index (χ0n) is 10.9. The molecule has 1 fully saturated rings. The molecule has 0 spiro atoms. The van der Waals surface area contributed by atoms with Crippen molar-refractivity contribution in [3.05, 3.63) is 14.7 Å². The number of thiophene rings is 1. The van der Waals surface area contributed by atoms with E-state index in [9.17, 15) is 8.42 Å². The number of halogens is 1. The summed E-state index contributed by atoms with van der Waals surface area (Å²) in [4.78, 5) is 1.06. The normalized spacial score (nSPS) is 22.8. The van der Waals surface area contributed by atoms with Gasteiger partial charge >= 0.3 is 0 Å². The third kappa shape index (κ3) is 3.77. The Morgan fingerprint density at radius 3 is 2.74 bits per heavy atom. The van der Waals surface area contributed by atoms with E-state index in [1.54, 1.807) is 13.0 Å². The zero-order valence-corrected chi connectivity index (χ0v) is 14.1. The molecule has 0 aliphatic carbocycles. The van der Waals surface area contributed by atoms with Gasteiger partial charge in [-0.1, -0.05) is 0 Å². The Labute approximate surface area is 125 Å². The second kappa shape index (κ2) is 5.42. The van der Waals surface area contributed by atoms with Gasteiger partial charge in [0.2, 0.25) is 10.0 Å². The number of ether oxygens (including phenoxy) is 2. The first kappa shape index (κ1) is 15.4. The molecule has 19 heavy (non-hydrogen) atoms. The predicted octanol–water partition coefficient (Wildman–Crippen LogP) is 2.25. The maximum atomic E-state index is 12.2. The number of aryl methyl sites for hydroxylation is 1. The van der Waals surface area contributed by atoms with Crippen molar-refractivity contribution in [1.82, 2.24) is 4.72 Å². The molecule has 8 heteroatoms. The molecule has 1 aromatic rings. The SMILES string of the molecule is Cc1sc(Br)cc1S(=O)(=O)NCC1COC(C)(C)O1. The lowest BCUT2D eigenvalue weighted by Crippen LogP contribution is -2.34. The largest absolute Gasteiger partial charge is 0.348 e. The van der Waals surface area contributed by atoms with Gasteiger partial charge in [0.05, 0.1) is 21.4 Å². The lowest BCUT2D eigenvalue weighted by molar-refractivity contribution is -0.137. The molecule has 1 unspecified atom stereocenters. The standard InChI is InChI=1S/C11H16BrNO4S2/c1-7-9(4-10(12)18-7)19(14,15)13-5-8-6-16-11(2,3)17-8/h4,8,13H,5-6H2,1-3H3. The first-order chi connectivity index (χ1) is 8.70. The summed E-state index contributed by atoms with van der Waals surface area (Å²) in [6.07, 6.45) is -0.257. The Hall–Kier alpha value is 0.01000. The molecule has 1 aromatic heterocycles. The predicted molar refractivity (Wildman–Crippen MR) is 76.8 cm³/mol. The molecular weight excluding hydrogens is 354 g/mol. The summed E-state index contributed by atoms with van der Waals surface area (Å²) >= 11 is 4.68. The highest BCUT2D eigenvalue weighted by Gasteiger charge is 2.33. The van der Waals surface area contributed by atoms with E-state index in [0.29, 0.717) is 11.5 Å². The second-order valence-electron chi connectivity index (χ2n) is 4.77. The molecule has 5 nitrogen and oxygen atoms in total. The van der Waals surface area contributed by atoms with Gasteiger partial charge in [0.1, 0.15) is 0 Å². The first-order valence-electron chi connectivity index (χ1n) is 5.77. The Bertz CT molecular complexity index is 567. The van der Waals surface area contributed by atoms with Gasteiger partial charge in [-0.05, 0) is 42.8 Å². The van der Waals surface area contributed by atoms with Crippen molar-refractivity contribution in [3.8, 4) is 0 Å². The van der Waals surface area contributed by atoms with Crippen LogP contribution in [0.3, 0.4) is 0 Å². The van der Waals surface area contributed by atoms with Crippen molar-refractivity contribution >= 4 is 37.3 Å². The maximum absolute atomic E-state index is 12.2. The number of hydrogen-bond acceptors (Lipinski definition) is 5. The van der Waals surface area contributed by atoms with Crippen LogP contribution < -0.4 is 4.72 Å². The van der Waals surface area contributed by atoms with E-state index in [-0.39, 0.29) is 12.6 Å². The van der Waals surface area contributed by atoms with Crippen LogP contribution >= 0.6 is 27.3 Å². The van der Waals surface area contributed by atoms with Gasteiger partial charge < -0.3 is 9.47 Å². The number of nitrogens with one attached hydrogen (secondary N) is 1. The fourth-order valence-corrected chi connectivity index (χ4v) is 5.32. The van der Waals surface area contributed by atoms with Gasteiger partial charge in [-0.25, -0.2) is 13.1 Å². The molecule has 2 heterocycles. The molecule has 0 amide bonds. The minimum absolute atomic E-state index is 0.207. The van der Waals surface area contributed by atoms with Gasteiger partial charge in [0.25, 0.3) is 0 Å². The smallest absolute Gasteiger partial charge is 0.241 e. The van der Waals surface area contributed by atoms with Gasteiger partial charge in [-0.15, -0.1) is 11.3 Å². The molecule has 1 saturated heterocycles. The molecule has 0 saturated carbocycles. The molecule has 0 bridgehead atoms. The van der Waals surface area contributed by atoms with Gasteiger partial charge in [0.15, 0.2) is 5.79 Å². The fourth-order valence-electron chi connectivity index (χ4n) is 1.84. The lowest BCUT2D eigenvalue weighted by atomic mass is 10.4. The summed E-state index contributed by atoms with van der Waals surface area (Å²) in [5.74, 6) is -0.641. The van der Waals surface area contributed by atoms with Crippen LogP contribution in [-0.2, 0) is 19.5 Å². The van der Waals surface area contributed by atoms with Crippen LogP contribution in [0.4, 0.5) is 0 Å². The van der Waals surface area contributed by atoms with Crippen LogP contribution in [0.5, 0.6) is 0 Å². The quantitative estimate of drug-likeness (QED) is 0.883. The summed E-state index contributed by atoms with van der Waals surface area (Å²) in [5.41, 5.74) is 0. The van der Waals surface area contributed by atoms with Crippen molar-refractivity contribution in [2.24, 2.45) is 0 Å². The Morgan fingerprint density at radius 1 is 1.58 bits per heavy atom. The van der Waals surface area contributed by atoms with E-state index in [1.165, 1.54) is 11.3 Å². The molecule has 0 radical (unpaired) electrons. The molecule has 0 aromatic carbocycles. The summed E-state index contributed by atoms with van der Waals surface area (Å²) in [6, 6.07) is 1.61. The molecule has 1 aliphatic heterocycles. The van der Waals surface area contributed by atoms with Crippen LogP contribution in [0.2, 0.25) is 0 Å². The number of hydrogen-bond donors (Lipinski definition) is 1. The minimum Gasteiger partial charge on any atom is -0.348 e. The van der Waals surface area contributed by atoms with E-state index < -0.39 is 15.8 Å². The van der Waals surface area contributed by atoms with E-state index in [2.05, 4.69) is 20.7 Å². The van der Waals surface area contributed by atoms with Crippen LogP contribution in [0.25, 0.3) is 0 Å². The van der Waals surface area contributed by atoms with Crippen LogP contribution in [0.1, 0.15) is 18.7 Å². The van der Waals surface area contributed by atoms with E-state index in [1.807, 2.05) is 13.8 Å². The van der Waals surface area contributed by atoms with E-state index in [0.717, 1.165) is 8.66 Å². The van der Waals surface area contributed by atoms with Gasteiger partial charge in [-0.3, -0.25) is 0 Å². The average molecular weight is 370 g/mol. The second-order valence-corrected chi connectivity index (χ2v) is 9.14. The van der Waals surface area contributed by atoms with Crippen molar-refractivity contribution in [2.75, 3.05) is 13.2 Å². The van der Waals surface area contributed by atoms with Crippen LogP contribution in [0, 0.1) is 6.92 Å². The molecular formula is C11H16BrNO4S2. The topological polar surface area (TPSA) is 64.6 Å². The first-order valence-corrected chi connectivity index (χ1v) is 8.86. The Balaban J connectivity index is 2.01. The van der Waals surface area contributed by atoms with Crippen LogP contribution in [0.15, 0.2) is 14.7 Å². The average Bonchev–Trinajstić information content (AvgIpc) is 2.79. The lowest BCUT2D eigenvalue weighted by Gasteiger charge is -2.17. The summed E-state index contributed by atoms with van der Waals surface area (Å²) in [7, 11) is -3.50. The number of rotatable bonds is 4.